The number of carbonyl (C=O) groups excluding carboxylic acids is 2. The summed E-state index contributed by atoms with van der Waals surface area (Å²) in [5.41, 5.74) is 7.22. The average Bonchev–Trinajstić information content (AvgIpc) is 2.44. The third-order valence-corrected chi connectivity index (χ3v) is 4.07. The largest absolute Gasteiger partial charge is 0.366 e. The van der Waals surface area contributed by atoms with Crippen molar-refractivity contribution in [3.8, 4) is 0 Å². The maximum atomic E-state index is 12.5. The van der Waals surface area contributed by atoms with Crippen LogP contribution < -0.4 is 10.6 Å². The molecule has 0 aromatic heterocycles. The van der Waals surface area contributed by atoms with Crippen LogP contribution in [0.25, 0.3) is 0 Å². The molecule has 5 heteroatoms. The molecule has 2 aliphatic rings. The number of fused-ring (bicyclic) bond motifs is 2. The zero-order chi connectivity index (χ0) is 13.6. The smallest absolute Gasteiger partial charge is 0.257 e. The van der Waals surface area contributed by atoms with E-state index < -0.39 is 5.91 Å². The van der Waals surface area contributed by atoms with Crippen LogP contribution in [-0.4, -0.2) is 36.5 Å². The highest BCUT2D eigenvalue weighted by Crippen LogP contribution is 2.34. The van der Waals surface area contributed by atoms with Crippen LogP contribution in [0.2, 0.25) is 0 Å². The number of anilines is 1. The highest BCUT2D eigenvalue weighted by atomic mass is 16.2. The van der Waals surface area contributed by atoms with E-state index in [9.17, 15) is 9.59 Å². The van der Waals surface area contributed by atoms with E-state index in [1.807, 2.05) is 11.9 Å². The number of primary amides is 1. The van der Waals surface area contributed by atoms with E-state index in [0.717, 1.165) is 31.5 Å². The molecule has 0 radical (unpaired) electrons. The predicted octanol–water partition coefficient (Wildman–Crippen LogP) is 1.19. The van der Waals surface area contributed by atoms with Gasteiger partial charge < -0.3 is 15.5 Å². The molecule has 0 aliphatic carbocycles. The molecule has 2 amide bonds. The quantitative estimate of drug-likeness (QED) is 0.823. The number of benzene rings is 1. The number of rotatable bonds is 1. The normalized spacial score (nSPS) is 21.9. The Morgan fingerprint density at radius 1 is 1.37 bits per heavy atom. The highest BCUT2D eigenvalue weighted by Gasteiger charge is 2.37. The van der Waals surface area contributed by atoms with Gasteiger partial charge in [-0.05, 0) is 37.5 Å². The number of amides is 2. The molecule has 19 heavy (non-hydrogen) atoms. The van der Waals surface area contributed by atoms with Gasteiger partial charge in [0, 0.05) is 19.2 Å². The third-order valence-electron chi connectivity index (χ3n) is 4.07. The van der Waals surface area contributed by atoms with Gasteiger partial charge in [-0.3, -0.25) is 9.59 Å². The summed E-state index contributed by atoms with van der Waals surface area (Å²) in [5, 5.41) is 0. The van der Waals surface area contributed by atoms with Crippen molar-refractivity contribution in [1.29, 1.82) is 0 Å². The van der Waals surface area contributed by atoms with Crippen molar-refractivity contribution in [2.75, 3.05) is 18.5 Å². The van der Waals surface area contributed by atoms with E-state index in [4.69, 9.17) is 5.73 Å². The van der Waals surface area contributed by atoms with Gasteiger partial charge in [-0.25, -0.2) is 0 Å². The van der Waals surface area contributed by atoms with Gasteiger partial charge in [0.05, 0.1) is 11.3 Å². The second-order valence-electron chi connectivity index (χ2n) is 5.18. The van der Waals surface area contributed by atoms with Crippen LogP contribution in [0.3, 0.4) is 0 Å². The van der Waals surface area contributed by atoms with Crippen LogP contribution >= 0.6 is 0 Å². The Bertz CT molecular complexity index is 556. The highest BCUT2D eigenvalue weighted by molar-refractivity contribution is 6.04. The van der Waals surface area contributed by atoms with Crippen LogP contribution in [-0.2, 0) is 0 Å². The molecule has 0 saturated carbocycles. The number of nitrogens with zero attached hydrogens (tertiary/aromatic N) is 2. The topological polar surface area (TPSA) is 66.6 Å². The van der Waals surface area contributed by atoms with Crippen molar-refractivity contribution < 1.29 is 9.59 Å². The lowest BCUT2D eigenvalue weighted by atomic mass is 9.98. The van der Waals surface area contributed by atoms with E-state index in [1.165, 1.54) is 0 Å². The molecule has 1 fully saturated rings. The number of hydrogen-bond donors (Lipinski definition) is 1. The lowest BCUT2D eigenvalue weighted by Crippen LogP contribution is -2.55. The monoisotopic (exact) mass is 259 g/mol. The molecule has 0 bridgehead atoms. The molecule has 0 spiro atoms. The number of hydrogen-bond acceptors (Lipinski definition) is 3. The van der Waals surface area contributed by atoms with Crippen molar-refractivity contribution in [3.63, 3.8) is 0 Å². The summed E-state index contributed by atoms with van der Waals surface area (Å²) in [7, 11) is 1.97. The van der Waals surface area contributed by atoms with Gasteiger partial charge in [0.1, 0.15) is 6.17 Å². The summed E-state index contributed by atoms with van der Waals surface area (Å²) in [6.07, 6.45) is 3.27. The summed E-state index contributed by atoms with van der Waals surface area (Å²) in [5.74, 6) is -0.399. The van der Waals surface area contributed by atoms with Crippen molar-refractivity contribution in [2.24, 2.45) is 5.73 Å². The van der Waals surface area contributed by atoms with Crippen LogP contribution in [0.4, 0.5) is 5.69 Å². The molecule has 100 valence electrons. The Morgan fingerprint density at radius 2 is 2.16 bits per heavy atom. The summed E-state index contributed by atoms with van der Waals surface area (Å²) >= 11 is 0. The maximum Gasteiger partial charge on any atom is 0.257 e. The summed E-state index contributed by atoms with van der Waals surface area (Å²) in [6.45, 7) is 0.810. The molecule has 5 nitrogen and oxygen atoms in total. The first-order valence-corrected chi connectivity index (χ1v) is 6.57. The molecular weight excluding hydrogens is 242 g/mol. The van der Waals surface area contributed by atoms with Crippen molar-refractivity contribution >= 4 is 17.5 Å². The summed E-state index contributed by atoms with van der Waals surface area (Å²) < 4.78 is 0. The van der Waals surface area contributed by atoms with Crippen LogP contribution in [0.1, 0.15) is 40.0 Å². The Morgan fingerprint density at radius 3 is 2.89 bits per heavy atom. The molecule has 2 N–H and O–H groups in total. The molecular formula is C14H17N3O2. The zero-order valence-electron chi connectivity index (χ0n) is 10.9. The fourth-order valence-electron chi connectivity index (χ4n) is 3.03. The molecule has 1 saturated heterocycles. The van der Waals surface area contributed by atoms with Crippen LogP contribution in [0.5, 0.6) is 0 Å². The Hall–Kier alpha value is -2.04. The minimum Gasteiger partial charge on any atom is -0.366 e. The lowest BCUT2D eigenvalue weighted by Gasteiger charge is -2.46. The van der Waals surface area contributed by atoms with E-state index in [0.29, 0.717) is 11.1 Å². The van der Waals surface area contributed by atoms with E-state index in [1.54, 1.807) is 18.2 Å². The molecule has 1 aromatic carbocycles. The number of carbonyl (C=O) groups is 2. The molecule has 1 atom stereocenters. The Kier molecular flexibility index (Phi) is 2.69. The third kappa shape index (κ3) is 1.77. The van der Waals surface area contributed by atoms with Gasteiger partial charge in [0.2, 0.25) is 5.91 Å². The summed E-state index contributed by atoms with van der Waals surface area (Å²) in [6, 6.07) is 5.05. The fourth-order valence-corrected chi connectivity index (χ4v) is 3.03. The fraction of sp³-hybridized carbons (Fsp3) is 0.429. The molecule has 0 unspecified atom stereocenters. The summed E-state index contributed by atoms with van der Waals surface area (Å²) in [4.78, 5) is 27.7. The van der Waals surface area contributed by atoms with E-state index >= 15 is 0 Å². The standard InChI is InChI=1S/C14H17N3O2/c1-16-11-8-9(13(15)18)5-6-10(11)14(19)17-7-3-2-4-12(16)17/h5-6,8,12H,2-4,7H2,1H3,(H2,15,18)/t12-/m1/s1. The molecule has 3 rings (SSSR count). The van der Waals surface area contributed by atoms with Crippen LogP contribution in [0, 0.1) is 0 Å². The van der Waals surface area contributed by atoms with E-state index in [-0.39, 0.29) is 12.1 Å². The molecule has 2 aliphatic heterocycles. The first kappa shape index (κ1) is 12.0. The maximum absolute atomic E-state index is 12.5. The predicted molar refractivity (Wildman–Crippen MR) is 72.0 cm³/mol. The van der Waals surface area contributed by atoms with Crippen LogP contribution in [0.15, 0.2) is 18.2 Å². The minimum atomic E-state index is -0.463. The van der Waals surface area contributed by atoms with Gasteiger partial charge in [0.15, 0.2) is 0 Å². The van der Waals surface area contributed by atoms with Crippen molar-refractivity contribution in [3.05, 3.63) is 29.3 Å². The number of piperidine rings is 1. The average molecular weight is 259 g/mol. The van der Waals surface area contributed by atoms with Gasteiger partial charge >= 0.3 is 0 Å². The van der Waals surface area contributed by atoms with Gasteiger partial charge in [-0.15, -0.1) is 0 Å². The first-order valence-electron chi connectivity index (χ1n) is 6.57. The second kappa shape index (κ2) is 4.26. The number of nitrogens with two attached hydrogens (primary N) is 1. The van der Waals surface area contributed by atoms with Gasteiger partial charge in [-0.2, -0.15) is 0 Å². The lowest BCUT2D eigenvalue weighted by molar-refractivity contribution is 0.0589. The molecule has 1 aromatic rings. The minimum absolute atomic E-state index is 0.0637. The first-order chi connectivity index (χ1) is 9.09. The van der Waals surface area contributed by atoms with Crippen molar-refractivity contribution in [2.45, 2.75) is 25.4 Å². The Labute approximate surface area is 112 Å². The van der Waals surface area contributed by atoms with Gasteiger partial charge in [-0.1, -0.05) is 0 Å². The van der Waals surface area contributed by atoms with Gasteiger partial charge in [0.25, 0.3) is 5.91 Å². The Balaban J connectivity index is 2.09. The molecule has 2 heterocycles. The van der Waals surface area contributed by atoms with Crippen molar-refractivity contribution in [1.82, 2.24) is 4.90 Å². The van der Waals surface area contributed by atoms with E-state index in [2.05, 4.69) is 4.90 Å². The SMILES string of the molecule is CN1c2cc(C(N)=O)ccc2C(=O)N2CCCC[C@@H]21. The zero-order valence-corrected chi connectivity index (χ0v) is 10.9. The second-order valence-corrected chi connectivity index (χ2v) is 5.18.